The molecule has 1 saturated heterocycles. The number of aromatic nitrogens is 2. The smallest absolute Gasteiger partial charge is 0.273 e. The van der Waals surface area contributed by atoms with E-state index in [9.17, 15) is 22.8 Å². The molecular weight excluding hydrogens is 405 g/mol. The van der Waals surface area contributed by atoms with E-state index < -0.39 is 29.2 Å². The molecule has 0 radical (unpaired) electrons. The van der Waals surface area contributed by atoms with Gasteiger partial charge in [-0.25, -0.2) is 10.0 Å². The summed E-state index contributed by atoms with van der Waals surface area (Å²) >= 11 is 3.26. The summed E-state index contributed by atoms with van der Waals surface area (Å²) in [4.78, 5) is 25.1. The molecule has 3 rings (SSSR count). The highest BCUT2D eigenvalue weighted by Gasteiger charge is 2.41. The Morgan fingerprint density at radius 2 is 1.68 bits per heavy atom. The molecular formula is C15H12BrF3N4O2. The molecule has 6 nitrogen and oxygen atoms in total. The van der Waals surface area contributed by atoms with E-state index in [0.717, 1.165) is 15.7 Å². The Kier molecular flexibility index (Phi) is 4.55. The van der Waals surface area contributed by atoms with Gasteiger partial charge in [-0.2, -0.15) is 18.3 Å². The van der Waals surface area contributed by atoms with E-state index in [4.69, 9.17) is 0 Å². The molecule has 0 saturated carbocycles. The Bertz CT molecular complexity index is 804. The van der Waals surface area contributed by atoms with Gasteiger partial charge in [0.15, 0.2) is 5.69 Å². The van der Waals surface area contributed by atoms with E-state index >= 15 is 0 Å². The number of hydrogen-bond acceptors (Lipinski definition) is 3. The number of carbonyl (C=O) groups is 2. The lowest BCUT2D eigenvalue weighted by molar-refractivity contribution is -0.141. The van der Waals surface area contributed by atoms with Crippen molar-refractivity contribution in [3.8, 4) is 0 Å². The molecule has 0 aliphatic carbocycles. The summed E-state index contributed by atoms with van der Waals surface area (Å²) < 4.78 is 39.7. The number of aromatic amines is 1. The molecule has 2 amide bonds. The minimum atomic E-state index is -4.73. The molecule has 1 fully saturated rings. The van der Waals surface area contributed by atoms with Crippen LogP contribution in [-0.2, 0) is 6.18 Å². The molecule has 0 atom stereocenters. The van der Waals surface area contributed by atoms with Gasteiger partial charge in [0.25, 0.3) is 11.8 Å². The zero-order chi connectivity index (χ0) is 18.2. The average Bonchev–Trinajstić information content (AvgIpc) is 3.23. The Morgan fingerprint density at radius 1 is 1.08 bits per heavy atom. The van der Waals surface area contributed by atoms with E-state index in [1.54, 1.807) is 29.4 Å². The summed E-state index contributed by atoms with van der Waals surface area (Å²) in [6, 6.07) is 6.50. The first kappa shape index (κ1) is 17.5. The normalized spacial score (nSPS) is 14.9. The van der Waals surface area contributed by atoms with Crippen LogP contribution in [0, 0.1) is 0 Å². The van der Waals surface area contributed by atoms with Crippen molar-refractivity contribution in [2.75, 3.05) is 13.1 Å². The maximum atomic E-state index is 13.0. The molecule has 2 aromatic rings. The lowest BCUT2D eigenvalue weighted by Gasteiger charge is -2.28. The van der Waals surface area contributed by atoms with Gasteiger partial charge in [0.2, 0.25) is 0 Å². The fourth-order valence-electron chi connectivity index (χ4n) is 2.58. The van der Waals surface area contributed by atoms with Crippen LogP contribution in [0.4, 0.5) is 13.2 Å². The summed E-state index contributed by atoms with van der Waals surface area (Å²) in [5, 5.41) is 7.32. The van der Waals surface area contributed by atoms with Crippen LogP contribution in [0.25, 0.3) is 0 Å². The number of rotatable bonds is 2. The Morgan fingerprint density at radius 3 is 2.28 bits per heavy atom. The summed E-state index contributed by atoms with van der Waals surface area (Å²) in [6.07, 6.45) is -3.43. The van der Waals surface area contributed by atoms with Gasteiger partial charge in [0.1, 0.15) is 0 Å². The maximum Gasteiger partial charge on any atom is 0.433 e. The zero-order valence-corrected chi connectivity index (χ0v) is 14.3. The number of amides is 2. The summed E-state index contributed by atoms with van der Waals surface area (Å²) in [5.74, 6) is -1.36. The minimum absolute atomic E-state index is 0.156. The number of hydrazine groups is 1. The molecule has 1 N–H and O–H groups in total. The zero-order valence-electron chi connectivity index (χ0n) is 12.7. The van der Waals surface area contributed by atoms with E-state index in [-0.39, 0.29) is 13.1 Å². The van der Waals surface area contributed by atoms with Gasteiger partial charge in [-0.05, 0) is 30.7 Å². The van der Waals surface area contributed by atoms with Crippen molar-refractivity contribution in [3.05, 3.63) is 51.8 Å². The van der Waals surface area contributed by atoms with Gasteiger partial charge in [0.05, 0.1) is 11.8 Å². The molecule has 1 aromatic carbocycles. The van der Waals surface area contributed by atoms with Gasteiger partial charge in [0, 0.05) is 23.1 Å². The van der Waals surface area contributed by atoms with Crippen LogP contribution in [0.1, 0.15) is 32.8 Å². The topological polar surface area (TPSA) is 69.3 Å². The molecule has 10 heteroatoms. The Labute approximate surface area is 148 Å². The van der Waals surface area contributed by atoms with Crippen LogP contribution in [0.2, 0.25) is 0 Å². The molecule has 0 spiro atoms. The number of halogens is 4. The van der Waals surface area contributed by atoms with Gasteiger partial charge in [-0.3, -0.25) is 14.7 Å². The first-order chi connectivity index (χ1) is 11.8. The van der Waals surface area contributed by atoms with Crippen molar-refractivity contribution in [2.24, 2.45) is 0 Å². The highest BCUT2D eigenvalue weighted by Crippen LogP contribution is 2.31. The minimum Gasteiger partial charge on any atom is -0.273 e. The molecule has 25 heavy (non-hydrogen) atoms. The lowest BCUT2D eigenvalue weighted by Crippen LogP contribution is -2.45. The van der Waals surface area contributed by atoms with Gasteiger partial charge < -0.3 is 0 Å². The first-order valence-corrected chi connectivity index (χ1v) is 8.08. The third kappa shape index (κ3) is 3.39. The highest BCUT2D eigenvalue weighted by molar-refractivity contribution is 9.10. The molecule has 1 aliphatic rings. The number of hydrogen-bond donors (Lipinski definition) is 1. The van der Waals surface area contributed by atoms with Crippen LogP contribution >= 0.6 is 15.9 Å². The van der Waals surface area contributed by atoms with Crippen molar-refractivity contribution < 1.29 is 22.8 Å². The molecule has 2 heterocycles. The van der Waals surface area contributed by atoms with E-state index in [1.165, 1.54) is 5.01 Å². The second-order valence-electron chi connectivity index (χ2n) is 5.37. The fourth-order valence-corrected chi connectivity index (χ4v) is 2.84. The second-order valence-corrected chi connectivity index (χ2v) is 6.29. The number of nitrogens with zero attached hydrogens (tertiary/aromatic N) is 3. The predicted molar refractivity (Wildman–Crippen MR) is 84.4 cm³/mol. The SMILES string of the molecule is O=C(c1ccc(Br)cc1)N1CCCN1C(=O)c1cn[nH]c1C(F)(F)F. The standard InChI is InChI=1S/C15H12BrF3N4O2/c16-10-4-2-9(3-5-10)13(24)22-6-1-7-23(22)14(25)11-8-20-21-12(11)15(17,18)19/h2-5,8H,1,6-7H2,(H,20,21). The monoisotopic (exact) mass is 416 g/mol. The summed E-state index contributed by atoms with van der Waals surface area (Å²) in [7, 11) is 0. The van der Waals surface area contributed by atoms with Gasteiger partial charge in [-0.1, -0.05) is 15.9 Å². The number of carbonyl (C=O) groups excluding carboxylic acids is 2. The lowest BCUT2D eigenvalue weighted by atomic mass is 10.2. The largest absolute Gasteiger partial charge is 0.433 e. The quantitative estimate of drug-likeness (QED) is 0.817. The van der Waals surface area contributed by atoms with E-state index in [2.05, 4.69) is 21.0 Å². The number of alkyl halides is 3. The summed E-state index contributed by atoms with van der Waals surface area (Å²) in [5.41, 5.74) is -1.49. The maximum absolute atomic E-state index is 13.0. The fraction of sp³-hybridized carbons (Fsp3) is 0.267. The van der Waals surface area contributed by atoms with Crippen molar-refractivity contribution in [3.63, 3.8) is 0 Å². The molecule has 132 valence electrons. The van der Waals surface area contributed by atoms with Crippen molar-refractivity contribution >= 4 is 27.7 Å². The molecule has 1 aliphatic heterocycles. The van der Waals surface area contributed by atoms with Crippen LogP contribution in [0.15, 0.2) is 34.9 Å². The van der Waals surface area contributed by atoms with E-state index in [0.29, 0.717) is 12.0 Å². The van der Waals surface area contributed by atoms with Gasteiger partial charge >= 0.3 is 6.18 Å². The van der Waals surface area contributed by atoms with Crippen molar-refractivity contribution in [1.29, 1.82) is 0 Å². The van der Waals surface area contributed by atoms with Crippen molar-refractivity contribution in [1.82, 2.24) is 20.2 Å². The summed E-state index contributed by atoms with van der Waals surface area (Å²) in [6.45, 7) is 0.406. The second kappa shape index (κ2) is 6.51. The van der Waals surface area contributed by atoms with Crippen LogP contribution in [0.5, 0.6) is 0 Å². The number of benzene rings is 1. The number of H-pyrrole nitrogens is 1. The first-order valence-electron chi connectivity index (χ1n) is 7.29. The van der Waals surface area contributed by atoms with Crippen LogP contribution in [0.3, 0.4) is 0 Å². The van der Waals surface area contributed by atoms with Crippen LogP contribution in [-0.4, -0.2) is 45.1 Å². The third-order valence-electron chi connectivity index (χ3n) is 3.74. The molecule has 0 unspecified atom stereocenters. The highest BCUT2D eigenvalue weighted by atomic mass is 79.9. The average molecular weight is 417 g/mol. The van der Waals surface area contributed by atoms with Gasteiger partial charge in [-0.15, -0.1) is 0 Å². The Balaban J connectivity index is 1.87. The third-order valence-corrected chi connectivity index (χ3v) is 4.27. The Hall–Kier alpha value is -2.36. The number of nitrogens with one attached hydrogen (secondary N) is 1. The van der Waals surface area contributed by atoms with Crippen LogP contribution < -0.4 is 0 Å². The van der Waals surface area contributed by atoms with E-state index in [1.807, 2.05) is 0 Å². The van der Waals surface area contributed by atoms with Crippen molar-refractivity contribution in [2.45, 2.75) is 12.6 Å². The molecule has 1 aromatic heterocycles. The molecule has 0 bridgehead atoms. The predicted octanol–water partition coefficient (Wildman–Crippen LogP) is 3.09.